The first-order valence-corrected chi connectivity index (χ1v) is 6.29. The molecule has 20 heavy (non-hydrogen) atoms. The molecule has 0 saturated heterocycles. The lowest BCUT2D eigenvalue weighted by atomic mass is 10.1. The van der Waals surface area contributed by atoms with Crippen molar-refractivity contribution < 1.29 is 13.9 Å². The molecular formula is C16H16FNO2. The van der Waals surface area contributed by atoms with Gasteiger partial charge in [0, 0.05) is 11.8 Å². The lowest BCUT2D eigenvalue weighted by Crippen LogP contribution is -2.23. The largest absolute Gasteiger partial charge is 0.456 e. The van der Waals surface area contributed by atoms with Gasteiger partial charge in [0.25, 0.3) is 0 Å². The third-order valence-corrected chi connectivity index (χ3v) is 2.56. The molecule has 0 aliphatic heterocycles. The van der Waals surface area contributed by atoms with Gasteiger partial charge in [0.15, 0.2) is 0 Å². The number of carbonyl (C=O) groups excluding carboxylic acids is 1. The number of nitrogens with zero attached hydrogens (tertiary/aromatic N) is 1. The fourth-order valence-corrected chi connectivity index (χ4v) is 1.71. The number of rotatable bonds is 2. The standard InChI is InChI=1S/C16H16FNO2/c1-16(2,3)20-15(19)12-6-4-11(5-7-12)13-8-14(17)10-18-9-13/h4-10H,1-3H3. The van der Waals surface area contributed by atoms with Gasteiger partial charge in [0.05, 0.1) is 11.8 Å². The maximum atomic E-state index is 13.1. The lowest BCUT2D eigenvalue weighted by Gasteiger charge is -2.19. The van der Waals surface area contributed by atoms with Crippen LogP contribution in [0.5, 0.6) is 0 Å². The van der Waals surface area contributed by atoms with Gasteiger partial charge in [-0.25, -0.2) is 9.18 Å². The minimum Gasteiger partial charge on any atom is -0.456 e. The molecule has 0 aliphatic carbocycles. The lowest BCUT2D eigenvalue weighted by molar-refractivity contribution is 0.00696. The zero-order chi connectivity index (χ0) is 14.8. The zero-order valence-corrected chi connectivity index (χ0v) is 11.7. The highest BCUT2D eigenvalue weighted by atomic mass is 19.1. The second-order valence-electron chi connectivity index (χ2n) is 5.47. The fourth-order valence-electron chi connectivity index (χ4n) is 1.71. The van der Waals surface area contributed by atoms with E-state index in [4.69, 9.17) is 4.74 Å². The van der Waals surface area contributed by atoms with E-state index in [1.807, 2.05) is 20.8 Å². The van der Waals surface area contributed by atoms with Crippen molar-refractivity contribution in [3.05, 3.63) is 54.1 Å². The predicted octanol–water partition coefficient (Wildman–Crippen LogP) is 3.84. The quantitative estimate of drug-likeness (QED) is 0.780. The highest BCUT2D eigenvalue weighted by Crippen LogP contribution is 2.20. The van der Waals surface area contributed by atoms with Gasteiger partial charge in [0.2, 0.25) is 0 Å². The van der Waals surface area contributed by atoms with Crippen LogP contribution in [0.3, 0.4) is 0 Å². The molecule has 0 spiro atoms. The number of pyridine rings is 1. The van der Waals surface area contributed by atoms with Crippen molar-refractivity contribution in [3.63, 3.8) is 0 Å². The molecule has 1 aromatic carbocycles. The molecule has 3 nitrogen and oxygen atoms in total. The van der Waals surface area contributed by atoms with E-state index in [2.05, 4.69) is 4.98 Å². The Morgan fingerprint density at radius 3 is 2.30 bits per heavy atom. The summed E-state index contributed by atoms with van der Waals surface area (Å²) in [6.07, 6.45) is 2.73. The number of hydrogen-bond donors (Lipinski definition) is 0. The van der Waals surface area contributed by atoms with E-state index in [0.29, 0.717) is 11.1 Å². The molecule has 0 saturated carbocycles. The van der Waals surface area contributed by atoms with Gasteiger partial charge >= 0.3 is 5.97 Å². The van der Waals surface area contributed by atoms with Gasteiger partial charge in [-0.1, -0.05) is 12.1 Å². The Labute approximate surface area is 117 Å². The Hall–Kier alpha value is -2.23. The van der Waals surface area contributed by atoms with E-state index in [0.717, 1.165) is 11.8 Å². The van der Waals surface area contributed by atoms with E-state index in [1.54, 1.807) is 30.5 Å². The minimum atomic E-state index is -0.526. The summed E-state index contributed by atoms with van der Waals surface area (Å²) in [5, 5.41) is 0. The summed E-state index contributed by atoms with van der Waals surface area (Å²) < 4.78 is 18.4. The summed E-state index contributed by atoms with van der Waals surface area (Å²) in [4.78, 5) is 15.7. The monoisotopic (exact) mass is 273 g/mol. The van der Waals surface area contributed by atoms with Crippen LogP contribution in [0, 0.1) is 5.82 Å². The Kier molecular flexibility index (Phi) is 3.84. The second kappa shape index (κ2) is 5.41. The molecule has 0 radical (unpaired) electrons. The molecule has 0 amide bonds. The van der Waals surface area contributed by atoms with E-state index < -0.39 is 11.4 Å². The van der Waals surface area contributed by atoms with E-state index in [9.17, 15) is 9.18 Å². The molecular weight excluding hydrogens is 257 g/mol. The summed E-state index contributed by atoms with van der Waals surface area (Å²) in [6.45, 7) is 5.45. The molecule has 4 heteroatoms. The highest BCUT2D eigenvalue weighted by Gasteiger charge is 2.17. The number of aromatic nitrogens is 1. The molecule has 0 aliphatic rings. The molecule has 2 aromatic rings. The van der Waals surface area contributed by atoms with E-state index in [1.165, 1.54) is 6.07 Å². The Bertz CT molecular complexity index is 615. The molecule has 0 bridgehead atoms. The first-order chi connectivity index (χ1) is 9.35. The van der Waals surface area contributed by atoms with Crippen molar-refractivity contribution >= 4 is 5.97 Å². The van der Waals surface area contributed by atoms with Crippen LogP contribution in [0.4, 0.5) is 4.39 Å². The van der Waals surface area contributed by atoms with Crippen molar-refractivity contribution in [2.75, 3.05) is 0 Å². The van der Waals surface area contributed by atoms with Crippen LogP contribution >= 0.6 is 0 Å². The maximum absolute atomic E-state index is 13.1. The van der Waals surface area contributed by atoms with E-state index in [-0.39, 0.29) is 5.97 Å². The normalized spacial score (nSPS) is 11.2. The smallest absolute Gasteiger partial charge is 0.338 e. The summed E-state index contributed by atoms with van der Waals surface area (Å²) in [6, 6.07) is 8.21. The Morgan fingerprint density at radius 2 is 1.75 bits per heavy atom. The Balaban J connectivity index is 2.20. The number of benzene rings is 1. The average molecular weight is 273 g/mol. The van der Waals surface area contributed by atoms with E-state index >= 15 is 0 Å². The second-order valence-corrected chi connectivity index (χ2v) is 5.47. The number of carbonyl (C=O) groups is 1. The molecule has 0 fully saturated rings. The van der Waals surface area contributed by atoms with Crippen molar-refractivity contribution in [2.45, 2.75) is 26.4 Å². The van der Waals surface area contributed by atoms with Crippen LogP contribution in [0.25, 0.3) is 11.1 Å². The Morgan fingerprint density at radius 1 is 1.10 bits per heavy atom. The first-order valence-electron chi connectivity index (χ1n) is 6.29. The van der Waals surface area contributed by atoms with Gasteiger partial charge in [0.1, 0.15) is 11.4 Å². The number of halogens is 1. The molecule has 1 heterocycles. The molecule has 2 rings (SSSR count). The fraction of sp³-hybridized carbons (Fsp3) is 0.250. The third-order valence-electron chi connectivity index (χ3n) is 2.56. The summed E-state index contributed by atoms with van der Waals surface area (Å²) in [7, 11) is 0. The van der Waals surface area contributed by atoms with Gasteiger partial charge in [-0.2, -0.15) is 0 Å². The topological polar surface area (TPSA) is 39.2 Å². The van der Waals surface area contributed by atoms with Gasteiger partial charge < -0.3 is 4.74 Å². The number of ether oxygens (including phenoxy) is 1. The summed E-state index contributed by atoms with van der Waals surface area (Å²) in [5.41, 5.74) is 1.40. The van der Waals surface area contributed by atoms with Gasteiger partial charge in [-0.05, 0) is 44.5 Å². The first kappa shape index (κ1) is 14.2. The molecule has 0 atom stereocenters. The summed E-state index contributed by atoms with van der Waals surface area (Å²) in [5.74, 6) is -0.764. The average Bonchev–Trinajstić information content (AvgIpc) is 2.37. The number of esters is 1. The van der Waals surface area contributed by atoms with Crippen LogP contribution < -0.4 is 0 Å². The molecule has 1 aromatic heterocycles. The van der Waals surface area contributed by atoms with Crippen LogP contribution in [0.15, 0.2) is 42.7 Å². The molecule has 0 unspecified atom stereocenters. The van der Waals surface area contributed by atoms with Gasteiger partial charge in [-0.3, -0.25) is 4.98 Å². The van der Waals surface area contributed by atoms with Crippen LogP contribution in [-0.2, 0) is 4.74 Å². The van der Waals surface area contributed by atoms with Crippen LogP contribution in [0.1, 0.15) is 31.1 Å². The zero-order valence-electron chi connectivity index (χ0n) is 11.7. The van der Waals surface area contributed by atoms with Crippen molar-refractivity contribution in [1.29, 1.82) is 0 Å². The van der Waals surface area contributed by atoms with Crippen molar-refractivity contribution in [1.82, 2.24) is 4.98 Å². The SMILES string of the molecule is CC(C)(C)OC(=O)c1ccc(-c2cncc(F)c2)cc1. The predicted molar refractivity (Wildman–Crippen MR) is 74.8 cm³/mol. The molecule has 104 valence electrons. The van der Waals surface area contributed by atoms with Crippen LogP contribution in [-0.4, -0.2) is 16.6 Å². The van der Waals surface area contributed by atoms with Crippen molar-refractivity contribution in [3.8, 4) is 11.1 Å². The number of hydrogen-bond acceptors (Lipinski definition) is 3. The highest BCUT2D eigenvalue weighted by molar-refractivity contribution is 5.90. The maximum Gasteiger partial charge on any atom is 0.338 e. The minimum absolute atomic E-state index is 0.374. The van der Waals surface area contributed by atoms with Crippen LogP contribution in [0.2, 0.25) is 0 Å². The third kappa shape index (κ3) is 3.63. The van der Waals surface area contributed by atoms with Crippen molar-refractivity contribution in [2.24, 2.45) is 0 Å². The molecule has 0 N–H and O–H groups in total. The van der Waals surface area contributed by atoms with Gasteiger partial charge in [-0.15, -0.1) is 0 Å². The summed E-state index contributed by atoms with van der Waals surface area (Å²) >= 11 is 0.